The second kappa shape index (κ2) is 3.79. The molecule has 1 rings (SSSR count). The highest BCUT2D eigenvalue weighted by Crippen LogP contribution is 2.26. The van der Waals surface area contributed by atoms with Crippen molar-refractivity contribution in [3.05, 3.63) is 11.9 Å². The Morgan fingerprint density at radius 3 is 2.62 bits per heavy atom. The van der Waals surface area contributed by atoms with Crippen LogP contribution >= 0.6 is 0 Å². The Balaban J connectivity index is 3.03. The fourth-order valence-electron chi connectivity index (χ4n) is 1.35. The third-order valence-electron chi connectivity index (χ3n) is 2.39. The van der Waals surface area contributed by atoms with Crippen LogP contribution in [0.5, 0.6) is 5.75 Å². The average molecular weight is 183 g/mol. The highest BCUT2D eigenvalue weighted by Gasteiger charge is 2.19. The van der Waals surface area contributed by atoms with Gasteiger partial charge in [0.2, 0.25) is 0 Å². The summed E-state index contributed by atoms with van der Waals surface area (Å²) >= 11 is 0. The van der Waals surface area contributed by atoms with E-state index in [0.29, 0.717) is 0 Å². The lowest BCUT2D eigenvalue weighted by Crippen LogP contribution is -2.24. The molecule has 0 saturated carbocycles. The van der Waals surface area contributed by atoms with Crippen molar-refractivity contribution in [3.63, 3.8) is 0 Å². The van der Waals surface area contributed by atoms with E-state index >= 15 is 0 Å². The highest BCUT2D eigenvalue weighted by atomic mass is 16.5. The molecule has 1 aromatic heterocycles. The van der Waals surface area contributed by atoms with Gasteiger partial charge in [-0.1, -0.05) is 6.92 Å². The van der Waals surface area contributed by atoms with Gasteiger partial charge in [-0.25, -0.2) is 0 Å². The van der Waals surface area contributed by atoms with Crippen molar-refractivity contribution < 1.29 is 4.74 Å². The van der Waals surface area contributed by atoms with Crippen molar-refractivity contribution in [2.24, 2.45) is 12.8 Å². The predicted molar refractivity (Wildman–Crippen MR) is 51.8 cm³/mol. The first-order chi connectivity index (χ1) is 6.07. The third-order valence-corrected chi connectivity index (χ3v) is 2.39. The molecule has 2 unspecified atom stereocenters. The summed E-state index contributed by atoms with van der Waals surface area (Å²) < 4.78 is 7.01. The molecule has 1 aromatic rings. The van der Waals surface area contributed by atoms with Crippen LogP contribution in [0.25, 0.3) is 0 Å². The summed E-state index contributed by atoms with van der Waals surface area (Å²) in [5.74, 6) is 1.06. The zero-order valence-electron chi connectivity index (χ0n) is 8.61. The summed E-state index contributed by atoms with van der Waals surface area (Å²) in [4.78, 5) is 0. The lowest BCUT2D eigenvalue weighted by Gasteiger charge is -2.17. The molecule has 2 N–H and O–H groups in total. The van der Waals surface area contributed by atoms with Crippen molar-refractivity contribution in [1.29, 1.82) is 0 Å². The van der Waals surface area contributed by atoms with Crippen LogP contribution < -0.4 is 10.5 Å². The van der Waals surface area contributed by atoms with Crippen LogP contribution in [0.1, 0.15) is 25.5 Å². The van der Waals surface area contributed by atoms with Crippen molar-refractivity contribution in [1.82, 2.24) is 9.78 Å². The number of aromatic nitrogens is 2. The van der Waals surface area contributed by atoms with Crippen LogP contribution in [0.4, 0.5) is 0 Å². The van der Waals surface area contributed by atoms with Crippen LogP contribution in [0.15, 0.2) is 6.20 Å². The highest BCUT2D eigenvalue weighted by molar-refractivity contribution is 5.28. The molecule has 1 heterocycles. The van der Waals surface area contributed by atoms with E-state index in [9.17, 15) is 0 Å². The molecule has 4 nitrogen and oxygen atoms in total. The molecule has 0 bridgehead atoms. The molecule has 0 aliphatic carbocycles. The summed E-state index contributed by atoms with van der Waals surface area (Å²) in [6.45, 7) is 4.06. The first kappa shape index (κ1) is 10.1. The molecule has 0 aromatic carbocycles. The quantitative estimate of drug-likeness (QED) is 0.756. The molecule has 0 aliphatic heterocycles. The molecule has 0 radical (unpaired) electrons. The number of aryl methyl sites for hydroxylation is 1. The van der Waals surface area contributed by atoms with E-state index in [2.05, 4.69) is 12.0 Å². The summed E-state index contributed by atoms with van der Waals surface area (Å²) in [5, 5.41) is 4.13. The summed E-state index contributed by atoms with van der Waals surface area (Å²) in [6.07, 6.45) is 1.72. The Labute approximate surface area is 78.7 Å². The van der Waals surface area contributed by atoms with Gasteiger partial charge in [0.25, 0.3) is 0 Å². The van der Waals surface area contributed by atoms with Gasteiger partial charge in [-0.15, -0.1) is 0 Å². The maximum absolute atomic E-state index is 5.82. The molecule has 0 spiro atoms. The van der Waals surface area contributed by atoms with E-state index in [1.807, 2.05) is 18.7 Å². The first-order valence-corrected chi connectivity index (χ1v) is 4.39. The number of nitrogens with zero attached hydrogens (tertiary/aromatic N) is 2. The smallest absolute Gasteiger partial charge is 0.160 e. The van der Waals surface area contributed by atoms with E-state index in [1.54, 1.807) is 13.3 Å². The van der Waals surface area contributed by atoms with Crippen molar-refractivity contribution in [2.45, 2.75) is 25.8 Å². The lowest BCUT2D eigenvalue weighted by molar-refractivity contribution is 0.400. The SMILES string of the molecule is COc1cnn(C)c1C(C)C(C)N. The minimum atomic E-state index is 0.101. The Morgan fingerprint density at radius 2 is 2.15 bits per heavy atom. The molecular weight excluding hydrogens is 166 g/mol. The third kappa shape index (κ3) is 1.83. The van der Waals surface area contributed by atoms with Crippen LogP contribution in [0.2, 0.25) is 0 Å². The molecule has 4 heteroatoms. The number of ether oxygens (including phenoxy) is 1. The topological polar surface area (TPSA) is 53.1 Å². The standard InChI is InChI=1S/C9H17N3O/c1-6(7(2)10)9-8(13-4)5-11-12(9)3/h5-7H,10H2,1-4H3. The van der Waals surface area contributed by atoms with Crippen molar-refractivity contribution in [3.8, 4) is 5.75 Å². The molecule has 0 fully saturated rings. The first-order valence-electron chi connectivity index (χ1n) is 4.39. The van der Waals surface area contributed by atoms with Gasteiger partial charge in [0, 0.05) is 19.0 Å². The van der Waals surface area contributed by atoms with Crippen LogP contribution in [-0.2, 0) is 7.05 Å². The number of hydrogen-bond acceptors (Lipinski definition) is 3. The summed E-state index contributed by atoms with van der Waals surface area (Å²) in [7, 11) is 3.55. The second-order valence-electron chi connectivity index (χ2n) is 3.37. The zero-order valence-corrected chi connectivity index (χ0v) is 8.61. The second-order valence-corrected chi connectivity index (χ2v) is 3.37. The number of rotatable bonds is 3. The van der Waals surface area contributed by atoms with E-state index in [0.717, 1.165) is 11.4 Å². The van der Waals surface area contributed by atoms with E-state index in [4.69, 9.17) is 10.5 Å². The minimum Gasteiger partial charge on any atom is -0.493 e. The van der Waals surface area contributed by atoms with Gasteiger partial charge >= 0.3 is 0 Å². The van der Waals surface area contributed by atoms with Crippen LogP contribution in [0, 0.1) is 0 Å². The van der Waals surface area contributed by atoms with E-state index in [-0.39, 0.29) is 12.0 Å². The Hall–Kier alpha value is -1.03. The largest absolute Gasteiger partial charge is 0.493 e. The van der Waals surface area contributed by atoms with Gasteiger partial charge in [0.05, 0.1) is 19.0 Å². The molecule has 0 saturated heterocycles. The molecule has 0 amide bonds. The van der Waals surface area contributed by atoms with Crippen LogP contribution in [0.3, 0.4) is 0 Å². The Morgan fingerprint density at radius 1 is 1.54 bits per heavy atom. The number of hydrogen-bond donors (Lipinski definition) is 1. The predicted octanol–water partition coefficient (Wildman–Crippen LogP) is 0.879. The number of methoxy groups -OCH3 is 1. The maximum Gasteiger partial charge on any atom is 0.160 e. The fourth-order valence-corrected chi connectivity index (χ4v) is 1.35. The molecule has 0 aliphatic rings. The monoisotopic (exact) mass is 183 g/mol. The lowest BCUT2D eigenvalue weighted by atomic mass is 10.00. The summed E-state index contributed by atoms with van der Waals surface area (Å²) in [6, 6.07) is 0.101. The van der Waals surface area contributed by atoms with E-state index in [1.165, 1.54) is 0 Å². The molecular formula is C9H17N3O. The van der Waals surface area contributed by atoms with Gasteiger partial charge in [-0.2, -0.15) is 5.10 Å². The van der Waals surface area contributed by atoms with Gasteiger partial charge in [0.1, 0.15) is 0 Å². The normalized spacial score (nSPS) is 15.5. The Bertz CT molecular complexity index is 280. The molecule has 2 atom stereocenters. The zero-order chi connectivity index (χ0) is 10.0. The van der Waals surface area contributed by atoms with Gasteiger partial charge in [0.15, 0.2) is 5.75 Å². The summed E-state index contributed by atoms with van der Waals surface area (Å²) in [5.41, 5.74) is 6.88. The van der Waals surface area contributed by atoms with Crippen molar-refractivity contribution >= 4 is 0 Å². The van der Waals surface area contributed by atoms with Gasteiger partial charge < -0.3 is 10.5 Å². The van der Waals surface area contributed by atoms with E-state index < -0.39 is 0 Å². The molecule has 74 valence electrons. The number of nitrogens with two attached hydrogens (primary N) is 1. The van der Waals surface area contributed by atoms with Crippen molar-refractivity contribution in [2.75, 3.05) is 7.11 Å². The minimum absolute atomic E-state index is 0.101. The van der Waals surface area contributed by atoms with Gasteiger partial charge in [-0.3, -0.25) is 4.68 Å². The van der Waals surface area contributed by atoms with Gasteiger partial charge in [-0.05, 0) is 6.92 Å². The van der Waals surface area contributed by atoms with Crippen LogP contribution in [-0.4, -0.2) is 22.9 Å². The average Bonchev–Trinajstić information content (AvgIpc) is 2.45. The Kier molecular flexibility index (Phi) is 2.93. The fraction of sp³-hybridized carbons (Fsp3) is 0.667. The maximum atomic E-state index is 5.82. The molecule has 13 heavy (non-hydrogen) atoms.